The molecule has 188 valence electrons. The van der Waals surface area contributed by atoms with Crippen LogP contribution in [0.5, 0.6) is 0 Å². The van der Waals surface area contributed by atoms with E-state index in [1.54, 1.807) is 17.6 Å². The predicted molar refractivity (Wildman–Crippen MR) is 136 cm³/mol. The van der Waals surface area contributed by atoms with E-state index < -0.39 is 6.10 Å². The number of aliphatic hydroxyl groups is 1. The molecule has 7 heteroatoms. The molecule has 35 heavy (non-hydrogen) atoms. The number of benzene rings is 1. The van der Waals surface area contributed by atoms with Crippen molar-refractivity contribution in [3.8, 4) is 11.4 Å². The summed E-state index contributed by atoms with van der Waals surface area (Å²) >= 11 is 0. The van der Waals surface area contributed by atoms with Crippen LogP contribution in [-0.4, -0.2) is 28.1 Å². The summed E-state index contributed by atoms with van der Waals surface area (Å²) in [5.41, 5.74) is 5.67. The van der Waals surface area contributed by atoms with Crippen LogP contribution in [0.4, 0.5) is 4.39 Å². The van der Waals surface area contributed by atoms with Crippen molar-refractivity contribution in [1.29, 1.82) is 0 Å². The minimum Gasteiger partial charge on any atom is -0.381 e. The number of aryl methyl sites for hydroxylation is 2. The Kier molecular flexibility index (Phi) is 8.56. The number of carbonyl (C=O) groups excluding carboxylic acids is 1. The van der Waals surface area contributed by atoms with Gasteiger partial charge in [0.25, 0.3) is 5.56 Å². The normalized spacial score (nSPS) is 13.7. The molecule has 0 saturated carbocycles. The molecular formula is C28H35FN2O4. The Hall–Kier alpha value is -2.90. The van der Waals surface area contributed by atoms with E-state index in [4.69, 9.17) is 9.72 Å². The van der Waals surface area contributed by atoms with Crippen molar-refractivity contribution in [2.75, 3.05) is 7.11 Å². The van der Waals surface area contributed by atoms with E-state index in [0.29, 0.717) is 35.3 Å². The highest BCUT2D eigenvalue weighted by Gasteiger charge is 2.31. The van der Waals surface area contributed by atoms with E-state index in [1.165, 1.54) is 19.6 Å². The van der Waals surface area contributed by atoms with Crippen LogP contribution in [0.15, 0.2) is 16.9 Å². The molecule has 2 aliphatic rings. The summed E-state index contributed by atoms with van der Waals surface area (Å²) in [5, 5.41) is 11.2. The fraction of sp³-hybridized carbons (Fsp3) is 0.464. The second-order valence-electron chi connectivity index (χ2n) is 8.70. The molecule has 1 atom stereocenters. The first-order valence-electron chi connectivity index (χ1n) is 12.4. The van der Waals surface area contributed by atoms with Crippen molar-refractivity contribution in [2.45, 2.75) is 79.6 Å². The SMILES string of the molecule is CC.CCC.COCc1c(C(O)C=O)cc2n(c1=O)Cc1c-2nc2cc(F)c(C)c3c2c1CCC3. The van der Waals surface area contributed by atoms with E-state index in [1.807, 2.05) is 13.8 Å². The highest BCUT2D eigenvalue weighted by atomic mass is 19.1. The van der Waals surface area contributed by atoms with Crippen molar-refractivity contribution >= 4 is 17.2 Å². The third-order valence-corrected chi connectivity index (χ3v) is 6.40. The number of rotatable bonds is 4. The van der Waals surface area contributed by atoms with E-state index >= 15 is 0 Å². The topological polar surface area (TPSA) is 81.4 Å². The summed E-state index contributed by atoms with van der Waals surface area (Å²) in [7, 11) is 1.46. The Balaban J connectivity index is 0.000000638. The second-order valence-corrected chi connectivity index (χ2v) is 8.70. The molecule has 0 saturated heterocycles. The van der Waals surface area contributed by atoms with Gasteiger partial charge < -0.3 is 19.2 Å². The first-order chi connectivity index (χ1) is 16.9. The number of carbonyl (C=O) groups is 1. The molecular weight excluding hydrogens is 447 g/mol. The van der Waals surface area contributed by atoms with E-state index in [2.05, 4.69) is 13.8 Å². The van der Waals surface area contributed by atoms with Gasteiger partial charge in [0.1, 0.15) is 11.9 Å². The van der Waals surface area contributed by atoms with Crippen LogP contribution in [0.1, 0.15) is 80.0 Å². The lowest BCUT2D eigenvalue weighted by atomic mass is 9.85. The highest BCUT2D eigenvalue weighted by Crippen LogP contribution is 2.41. The Morgan fingerprint density at radius 2 is 1.86 bits per heavy atom. The van der Waals surface area contributed by atoms with Gasteiger partial charge in [0.2, 0.25) is 0 Å². The number of aromatic nitrogens is 2. The maximum atomic E-state index is 14.5. The first kappa shape index (κ1) is 26.7. The Morgan fingerprint density at radius 3 is 2.49 bits per heavy atom. The standard InChI is InChI=1S/C23H21FN2O4.C3H8.C2H6/c1-11-12-4-3-5-13-15-8-26-19(22(15)25-18(21(12)13)7-17(11)24)6-14(20(28)9-27)16(10-30-2)23(26)29;1-3-2;1-2/h6-7,9,20,28H,3-5,8,10H2,1-2H3;3H2,1-2H3;1-2H3. The van der Waals surface area contributed by atoms with Crippen LogP contribution >= 0.6 is 0 Å². The summed E-state index contributed by atoms with van der Waals surface area (Å²) in [6.07, 6.45) is 2.79. The summed E-state index contributed by atoms with van der Waals surface area (Å²) < 4.78 is 21.3. The van der Waals surface area contributed by atoms with Gasteiger partial charge in [-0.15, -0.1) is 0 Å². The van der Waals surface area contributed by atoms with Gasteiger partial charge in [-0.25, -0.2) is 9.37 Å². The number of hydrogen-bond acceptors (Lipinski definition) is 5. The summed E-state index contributed by atoms with van der Waals surface area (Å²) in [6.45, 7) is 10.4. The third kappa shape index (κ3) is 4.55. The number of pyridine rings is 2. The van der Waals surface area contributed by atoms with Crippen molar-refractivity contribution in [3.05, 3.63) is 61.7 Å². The quantitative estimate of drug-likeness (QED) is 0.405. The van der Waals surface area contributed by atoms with Gasteiger partial charge in [-0.2, -0.15) is 0 Å². The molecule has 5 rings (SSSR count). The molecule has 3 heterocycles. The van der Waals surface area contributed by atoms with Crippen molar-refractivity contribution in [3.63, 3.8) is 0 Å². The lowest BCUT2D eigenvalue weighted by Crippen LogP contribution is -2.26. The molecule has 0 radical (unpaired) electrons. The molecule has 1 aliphatic carbocycles. The van der Waals surface area contributed by atoms with Crippen LogP contribution in [0, 0.1) is 12.7 Å². The van der Waals surface area contributed by atoms with Gasteiger partial charge in [0.05, 0.1) is 30.1 Å². The number of aldehydes is 1. The molecule has 6 nitrogen and oxygen atoms in total. The fourth-order valence-electron chi connectivity index (χ4n) is 4.95. The Bertz CT molecular complexity index is 1310. The summed E-state index contributed by atoms with van der Waals surface area (Å²) in [4.78, 5) is 29.2. The van der Waals surface area contributed by atoms with E-state index in [0.717, 1.165) is 41.3 Å². The minimum absolute atomic E-state index is 0.00743. The zero-order valence-corrected chi connectivity index (χ0v) is 21.5. The zero-order chi connectivity index (χ0) is 25.9. The van der Waals surface area contributed by atoms with Gasteiger partial charge in [-0.3, -0.25) is 4.79 Å². The van der Waals surface area contributed by atoms with E-state index in [-0.39, 0.29) is 29.1 Å². The molecule has 0 amide bonds. The number of nitrogens with zero attached hydrogens (tertiary/aromatic N) is 2. The van der Waals surface area contributed by atoms with Gasteiger partial charge in [-0.1, -0.05) is 34.1 Å². The highest BCUT2D eigenvalue weighted by molar-refractivity contribution is 5.92. The number of halogens is 1. The molecule has 1 N–H and O–H groups in total. The molecule has 1 aliphatic heterocycles. The lowest BCUT2D eigenvalue weighted by Gasteiger charge is -2.21. The van der Waals surface area contributed by atoms with Crippen LogP contribution in [0.2, 0.25) is 0 Å². The number of methoxy groups -OCH3 is 1. The average Bonchev–Trinajstić information content (AvgIpc) is 3.24. The molecule has 2 aromatic heterocycles. The Morgan fingerprint density at radius 1 is 1.20 bits per heavy atom. The monoisotopic (exact) mass is 482 g/mol. The van der Waals surface area contributed by atoms with Crippen molar-refractivity contribution < 1.29 is 19.0 Å². The lowest BCUT2D eigenvalue weighted by molar-refractivity contribution is -0.115. The summed E-state index contributed by atoms with van der Waals surface area (Å²) in [5.74, 6) is -0.277. The number of ether oxygens (including phenoxy) is 1. The van der Waals surface area contributed by atoms with Crippen LogP contribution < -0.4 is 5.56 Å². The van der Waals surface area contributed by atoms with Crippen LogP contribution in [0.25, 0.3) is 22.3 Å². The van der Waals surface area contributed by atoms with Gasteiger partial charge in [0.15, 0.2) is 6.29 Å². The Labute approximate surface area is 205 Å². The predicted octanol–water partition coefficient (Wildman–Crippen LogP) is 5.18. The molecule has 0 fully saturated rings. The van der Waals surface area contributed by atoms with Crippen LogP contribution in [-0.2, 0) is 35.5 Å². The largest absolute Gasteiger partial charge is 0.381 e. The van der Waals surface area contributed by atoms with Gasteiger partial charge in [-0.05, 0) is 48.9 Å². The van der Waals surface area contributed by atoms with E-state index in [9.17, 15) is 19.1 Å². The van der Waals surface area contributed by atoms with Gasteiger partial charge in [0, 0.05) is 35.3 Å². The molecule has 3 aromatic rings. The molecule has 1 unspecified atom stereocenters. The third-order valence-electron chi connectivity index (χ3n) is 6.40. The van der Waals surface area contributed by atoms with Gasteiger partial charge >= 0.3 is 0 Å². The minimum atomic E-state index is -1.43. The maximum absolute atomic E-state index is 14.5. The maximum Gasteiger partial charge on any atom is 0.257 e. The number of fused-ring (bicyclic) bond motifs is 4. The number of hydrogen-bond donors (Lipinski definition) is 1. The molecule has 0 spiro atoms. The fourth-order valence-corrected chi connectivity index (χ4v) is 4.95. The molecule has 0 bridgehead atoms. The average molecular weight is 483 g/mol. The van der Waals surface area contributed by atoms with Crippen molar-refractivity contribution in [2.24, 2.45) is 0 Å². The zero-order valence-electron chi connectivity index (χ0n) is 21.5. The van der Waals surface area contributed by atoms with Crippen molar-refractivity contribution in [1.82, 2.24) is 9.55 Å². The number of aliphatic hydroxyl groups excluding tert-OH is 1. The first-order valence-corrected chi connectivity index (χ1v) is 12.4. The molecule has 1 aromatic carbocycles. The smallest absolute Gasteiger partial charge is 0.257 e. The van der Waals surface area contributed by atoms with Crippen LogP contribution in [0.3, 0.4) is 0 Å². The summed E-state index contributed by atoms with van der Waals surface area (Å²) in [6, 6.07) is 3.10. The second kappa shape index (κ2) is 11.2.